The fourth-order valence-corrected chi connectivity index (χ4v) is 2.62. The Balaban J connectivity index is 1.77. The average Bonchev–Trinajstić information content (AvgIpc) is 2.55. The third-order valence-electron chi connectivity index (χ3n) is 3.69. The number of hydrogen-bond donors (Lipinski definition) is 0. The molecule has 0 aliphatic carbocycles. The van der Waals surface area contributed by atoms with E-state index in [1.165, 1.54) is 14.2 Å². The van der Waals surface area contributed by atoms with E-state index < -0.39 is 30.9 Å². The van der Waals surface area contributed by atoms with E-state index in [1.807, 2.05) is 30.3 Å². The lowest BCUT2D eigenvalue weighted by molar-refractivity contribution is -0.315. The van der Waals surface area contributed by atoms with Crippen molar-refractivity contribution >= 4 is 5.78 Å². The summed E-state index contributed by atoms with van der Waals surface area (Å²) in [6.45, 7) is 0.270. The van der Waals surface area contributed by atoms with Crippen LogP contribution in [0.1, 0.15) is 11.9 Å². The number of methoxy groups -OCH3 is 2. The minimum atomic E-state index is -0.786. The van der Waals surface area contributed by atoms with Gasteiger partial charge in [0, 0.05) is 19.8 Å². The van der Waals surface area contributed by atoms with Gasteiger partial charge in [-0.3, -0.25) is 4.79 Å². The number of fused-ring (bicyclic) bond motifs is 1. The van der Waals surface area contributed by atoms with E-state index in [9.17, 15) is 4.79 Å². The molecular weight excluding hydrogens is 276 g/mol. The molecule has 0 N–H and O–H groups in total. The minimum absolute atomic E-state index is 0.176. The van der Waals surface area contributed by atoms with Crippen molar-refractivity contribution < 1.29 is 28.5 Å². The van der Waals surface area contributed by atoms with E-state index in [4.69, 9.17) is 23.7 Å². The number of carbonyl (C=O) groups is 1. The monoisotopic (exact) mass is 294 g/mol. The molecule has 0 spiro atoms. The second-order valence-corrected chi connectivity index (χ2v) is 4.97. The Hall–Kier alpha value is -1.31. The summed E-state index contributed by atoms with van der Waals surface area (Å²) in [5.41, 5.74) is 0.867. The molecular formula is C15H18O6. The van der Waals surface area contributed by atoms with Crippen LogP contribution in [0.4, 0.5) is 0 Å². The fraction of sp³-hybridized carbons (Fsp3) is 0.533. The van der Waals surface area contributed by atoms with Crippen molar-refractivity contribution in [2.24, 2.45) is 0 Å². The highest BCUT2D eigenvalue weighted by molar-refractivity contribution is 5.89. The summed E-state index contributed by atoms with van der Waals surface area (Å²) in [4.78, 5) is 12.5. The SMILES string of the molecule is CO[C@H]1O[C@@H]2COC(c3ccccc3)O[C@H]2C(=O)[C@H]1OC. The number of carbonyl (C=O) groups excluding carboxylic acids is 1. The van der Waals surface area contributed by atoms with E-state index in [-0.39, 0.29) is 12.4 Å². The van der Waals surface area contributed by atoms with Gasteiger partial charge >= 0.3 is 0 Å². The van der Waals surface area contributed by atoms with Gasteiger partial charge in [-0.15, -0.1) is 0 Å². The van der Waals surface area contributed by atoms with Gasteiger partial charge in [0.1, 0.15) is 6.10 Å². The highest BCUT2D eigenvalue weighted by Crippen LogP contribution is 2.32. The summed E-state index contributed by atoms with van der Waals surface area (Å²) in [6, 6.07) is 9.49. The van der Waals surface area contributed by atoms with Crippen LogP contribution >= 0.6 is 0 Å². The lowest BCUT2D eigenvalue weighted by Gasteiger charge is -2.43. The maximum Gasteiger partial charge on any atom is 0.198 e. The summed E-state index contributed by atoms with van der Waals surface area (Å²) in [5.74, 6) is -0.176. The molecule has 0 radical (unpaired) electrons. The quantitative estimate of drug-likeness (QED) is 0.830. The van der Waals surface area contributed by atoms with Crippen molar-refractivity contribution in [3.05, 3.63) is 35.9 Å². The van der Waals surface area contributed by atoms with E-state index in [0.717, 1.165) is 5.56 Å². The second kappa shape index (κ2) is 6.21. The van der Waals surface area contributed by atoms with Gasteiger partial charge in [-0.25, -0.2) is 0 Å². The molecule has 2 heterocycles. The maximum atomic E-state index is 12.5. The van der Waals surface area contributed by atoms with Crippen LogP contribution in [0, 0.1) is 0 Å². The van der Waals surface area contributed by atoms with Gasteiger partial charge < -0.3 is 23.7 Å². The summed E-state index contributed by atoms with van der Waals surface area (Å²) in [6.07, 6.45) is -3.28. The van der Waals surface area contributed by atoms with Crippen LogP contribution in [-0.4, -0.2) is 51.2 Å². The Morgan fingerprint density at radius 3 is 2.52 bits per heavy atom. The Labute approximate surface area is 122 Å². The van der Waals surface area contributed by atoms with Gasteiger partial charge in [-0.05, 0) is 0 Å². The van der Waals surface area contributed by atoms with Crippen LogP contribution < -0.4 is 0 Å². The predicted molar refractivity (Wildman–Crippen MR) is 71.5 cm³/mol. The molecule has 114 valence electrons. The molecule has 0 amide bonds. The third kappa shape index (κ3) is 2.73. The molecule has 6 nitrogen and oxygen atoms in total. The van der Waals surface area contributed by atoms with Gasteiger partial charge in [-0.2, -0.15) is 0 Å². The van der Waals surface area contributed by atoms with Gasteiger partial charge in [0.15, 0.2) is 30.6 Å². The van der Waals surface area contributed by atoms with E-state index in [0.29, 0.717) is 0 Å². The van der Waals surface area contributed by atoms with Crippen molar-refractivity contribution in [3.8, 4) is 0 Å². The largest absolute Gasteiger partial charge is 0.368 e. The molecule has 5 atom stereocenters. The summed E-state index contributed by atoms with van der Waals surface area (Å²) in [5, 5.41) is 0. The molecule has 6 heteroatoms. The standard InChI is InChI=1S/C15H18O6/c1-17-13-11(16)12-10(20-15(13)18-2)8-19-14(21-12)9-6-4-3-5-7-9/h3-7,10,12-15H,8H2,1-2H3/t10-,12-,13-,14?,15+/m1/s1. The molecule has 0 saturated carbocycles. The number of benzene rings is 1. The van der Waals surface area contributed by atoms with Crippen molar-refractivity contribution in [1.29, 1.82) is 0 Å². The Morgan fingerprint density at radius 2 is 1.86 bits per heavy atom. The fourth-order valence-electron chi connectivity index (χ4n) is 2.62. The molecule has 2 saturated heterocycles. The first kappa shape index (κ1) is 14.6. The Morgan fingerprint density at radius 1 is 1.10 bits per heavy atom. The summed E-state index contributed by atoms with van der Waals surface area (Å²) in [7, 11) is 2.92. The van der Waals surface area contributed by atoms with E-state index in [2.05, 4.69) is 0 Å². The van der Waals surface area contributed by atoms with Crippen molar-refractivity contribution in [2.45, 2.75) is 30.9 Å². The van der Waals surface area contributed by atoms with Crippen LogP contribution in [-0.2, 0) is 28.5 Å². The topological polar surface area (TPSA) is 63.2 Å². The Bertz CT molecular complexity index is 490. The second-order valence-electron chi connectivity index (χ2n) is 4.97. The lowest BCUT2D eigenvalue weighted by atomic mass is 9.99. The highest BCUT2D eigenvalue weighted by Gasteiger charge is 2.49. The number of Topliss-reactive ketones (excluding diaryl/α,β-unsaturated/α-hetero) is 1. The molecule has 1 aromatic carbocycles. The van der Waals surface area contributed by atoms with Crippen LogP contribution in [0.15, 0.2) is 30.3 Å². The van der Waals surface area contributed by atoms with Gasteiger partial charge in [0.25, 0.3) is 0 Å². The van der Waals surface area contributed by atoms with Crippen molar-refractivity contribution in [1.82, 2.24) is 0 Å². The molecule has 21 heavy (non-hydrogen) atoms. The third-order valence-corrected chi connectivity index (χ3v) is 3.69. The van der Waals surface area contributed by atoms with Crippen molar-refractivity contribution in [3.63, 3.8) is 0 Å². The van der Waals surface area contributed by atoms with Crippen LogP contribution in [0.5, 0.6) is 0 Å². The molecule has 3 rings (SSSR count). The molecule has 1 unspecified atom stereocenters. The first-order valence-electron chi connectivity index (χ1n) is 6.81. The summed E-state index contributed by atoms with van der Waals surface area (Å²) >= 11 is 0. The van der Waals surface area contributed by atoms with Crippen LogP contribution in [0.3, 0.4) is 0 Å². The highest BCUT2D eigenvalue weighted by atomic mass is 16.8. The van der Waals surface area contributed by atoms with Crippen LogP contribution in [0.2, 0.25) is 0 Å². The molecule has 0 aromatic heterocycles. The molecule has 2 aliphatic heterocycles. The lowest BCUT2D eigenvalue weighted by Crippen LogP contribution is -2.60. The molecule has 0 bridgehead atoms. The number of ether oxygens (including phenoxy) is 5. The van der Waals surface area contributed by atoms with Crippen LogP contribution in [0.25, 0.3) is 0 Å². The van der Waals surface area contributed by atoms with E-state index in [1.54, 1.807) is 0 Å². The predicted octanol–water partition coefficient (Wildman–Crippen LogP) is 1.06. The first-order chi connectivity index (χ1) is 10.2. The molecule has 2 fully saturated rings. The maximum absolute atomic E-state index is 12.5. The average molecular weight is 294 g/mol. The minimum Gasteiger partial charge on any atom is -0.368 e. The van der Waals surface area contributed by atoms with Gasteiger partial charge in [0.2, 0.25) is 0 Å². The zero-order chi connectivity index (χ0) is 14.8. The Kier molecular flexibility index (Phi) is 4.32. The van der Waals surface area contributed by atoms with Gasteiger partial charge in [0.05, 0.1) is 6.61 Å². The first-order valence-corrected chi connectivity index (χ1v) is 6.81. The zero-order valence-electron chi connectivity index (χ0n) is 11.9. The zero-order valence-corrected chi connectivity index (χ0v) is 11.9. The molecule has 2 aliphatic rings. The van der Waals surface area contributed by atoms with E-state index >= 15 is 0 Å². The summed E-state index contributed by atoms with van der Waals surface area (Å²) < 4.78 is 27.4. The van der Waals surface area contributed by atoms with Gasteiger partial charge in [-0.1, -0.05) is 30.3 Å². The van der Waals surface area contributed by atoms with Crippen molar-refractivity contribution in [2.75, 3.05) is 20.8 Å². The number of ketones is 1. The normalized spacial score (nSPS) is 36.3. The number of hydrogen-bond acceptors (Lipinski definition) is 6. The number of rotatable bonds is 3. The smallest absolute Gasteiger partial charge is 0.198 e. The molecule has 1 aromatic rings.